The maximum Gasteiger partial charge on any atom is 0.336 e. The first-order valence-corrected chi connectivity index (χ1v) is 23.6. The molecule has 0 unspecified atom stereocenters. The van der Waals surface area contributed by atoms with Gasteiger partial charge in [-0.3, -0.25) is 58.2 Å². The maximum atomic E-state index is 14.2. The number of hydrogen-bond acceptors (Lipinski definition) is 15. The minimum atomic E-state index is -1.80. The van der Waals surface area contributed by atoms with Crippen molar-refractivity contribution in [2.45, 2.75) is 135 Å². The van der Waals surface area contributed by atoms with Crippen molar-refractivity contribution in [3.8, 4) is 0 Å². The number of carboxylic acids is 2. The van der Waals surface area contributed by atoms with Crippen LogP contribution in [-0.4, -0.2) is 188 Å². The Hall–Kier alpha value is -6.29. The predicted octanol–water partition coefficient (Wildman–Crippen LogP) is -4.40. The Morgan fingerprint density at radius 1 is 0.681 bits per heavy atom. The van der Waals surface area contributed by atoms with Crippen LogP contribution in [0, 0.1) is 11.8 Å². The number of aliphatic carboxylic acids is 2. The van der Waals surface area contributed by atoms with Gasteiger partial charge in [0.15, 0.2) is 0 Å². The highest BCUT2D eigenvalue weighted by Crippen LogP contribution is 2.21. The number of rotatable bonds is 29. The Balaban J connectivity index is 3.24. The molecule has 0 bridgehead atoms. The lowest BCUT2D eigenvalue weighted by Crippen LogP contribution is -2.62. The van der Waals surface area contributed by atoms with Gasteiger partial charge in [0.05, 0.1) is 19.6 Å². The molecule has 1 fully saturated rings. The zero-order chi connectivity index (χ0) is 52.7. The Bertz CT molecular complexity index is 1860. The van der Waals surface area contributed by atoms with Crippen molar-refractivity contribution in [1.29, 1.82) is 0 Å². The summed E-state index contributed by atoms with van der Waals surface area (Å²) in [5.74, 6) is -11.9. The SMILES string of the molecule is CCCN(NC(=O)[C@H]1CCCN1C(=O)[C@@H](NC(=O)[C@@H](NC(=O)[C@H](CC(=O)O)NC(=O)[C@H](CCC(=O)O)NC(C)=O)C(C)C)C(C)C)C(=O)N[C@@H](CO)C(=O)N[C@@H](CCSC)C(=O)N[C@@H](CO)C(N)=O. The highest BCUT2D eigenvalue weighted by Gasteiger charge is 2.41. The van der Waals surface area contributed by atoms with Gasteiger partial charge in [0.1, 0.15) is 48.3 Å². The molecule has 28 heteroatoms. The van der Waals surface area contributed by atoms with E-state index in [-0.39, 0.29) is 38.8 Å². The van der Waals surface area contributed by atoms with Gasteiger partial charge >= 0.3 is 18.0 Å². The number of amides is 11. The number of nitrogens with two attached hydrogens (primary N) is 1. The number of carbonyl (C=O) groups excluding carboxylic acids is 10. The van der Waals surface area contributed by atoms with Crippen molar-refractivity contribution >= 4 is 82.9 Å². The number of likely N-dealkylation sites (tertiary alicyclic amines) is 1. The molecule has 14 N–H and O–H groups in total. The second-order valence-electron chi connectivity index (χ2n) is 16.8. The van der Waals surface area contributed by atoms with Crippen LogP contribution in [0.25, 0.3) is 0 Å². The molecule has 1 aliphatic heterocycles. The smallest absolute Gasteiger partial charge is 0.336 e. The molecule has 0 aromatic rings. The number of hydrogen-bond donors (Lipinski definition) is 13. The zero-order valence-electron chi connectivity index (χ0n) is 39.8. The number of thioether (sulfide) groups is 1. The lowest BCUT2D eigenvalue weighted by molar-refractivity contribution is -0.144. The van der Waals surface area contributed by atoms with Crippen LogP contribution in [-0.2, 0) is 52.7 Å². The molecule has 27 nitrogen and oxygen atoms in total. The van der Waals surface area contributed by atoms with Crippen LogP contribution < -0.4 is 48.4 Å². The molecule has 1 rings (SSSR count). The second kappa shape index (κ2) is 30.3. The standard InChI is InChI=1S/C41H69N11O16S/c1-8-14-52(41(68)47-27(19-54)37(64)44-24(13-16-69-7)35(62)46-26(18-53)33(42)60)50-38(65)28-10-9-15-51(28)40(67)32(21(4)5)49-39(66)31(20(2)3)48-36(63)25(17-30(58)59)45-34(61)23(43-22(6)55)11-12-29(56)57/h20-21,23-28,31-32,53-54H,8-19H2,1-7H3,(H2,42,60)(H,43,55)(H,44,64)(H,45,61)(H,46,62)(H,47,68)(H,48,63)(H,49,66)(H,50,65)(H,56,57)(H,58,59)/t23-,24-,25-,26-,27-,28+,31-,32-/m0/s1. The highest BCUT2D eigenvalue weighted by atomic mass is 32.2. The summed E-state index contributed by atoms with van der Waals surface area (Å²) in [7, 11) is 0. The molecular formula is C41H69N11O16S. The molecule has 1 saturated heterocycles. The predicted molar refractivity (Wildman–Crippen MR) is 245 cm³/mol. The van der Waals surface area contributed by atoms with Gasteiger partial charge in [-0.15, -0.1) is 0 Å². The van der Waals surface area contributed by atoms with E-state index in [2.05, 4.69) is 42.6 Å². The van der Waals surface area contributed by atoms with Crippen LogP contribution >= 0.6 is 11.8 Å². The Morgan fingerprint density at radius 2 is 1.20 bits per heavy atom. The summed E-state index contributed by atoms with van der Waals surface area (Å²) in [4.78, 5) is 155. The lowest BCUT2D eigenvalue weighted by Gasteiger charge is -2.33. The lowest BCUT2D eigenvalue weighted by atomic mass is 9.98. The van der Waals surface area contributed by atoms with Crippen molar-refractivity contribution < 1.29 is 78.0 Å². The first-order valence-electron chi connectivity index (χ1n) is 22.2. The monoisotopic (exact) mass is 1000 g/mol. The van der Waals surface area contributed by atoms with E-state index in [4.69, 9.17) is 10.8 Å². The zero-order valence-corrected chi connectivity index (χ0v) is 40.6. The van der Waals surface area contributed by atoms with E-state index < -0.39 is 157 Å². The molecule has 0 aromatic carbocycles. The van der Waals surface area contributed by atoms with E-state index in [1.807, 2.05) is 0 Å². The number of aliphatic hydroxyl groups excluding tert-OH is 2. The summed E-state index contributed by atoms with van der Waals surface area (Å²) in [6, 6.07) is -12.5. The molecule has 69 heavy (non-hydrogen) atoms. The van der Waals surface area contributed by atoms with Crippen molar-refractivity contribution in [1.82, 2.24) is 52.6 Å². The maximum absolute atomic E-state index is 14.2. The van der Waals surface area contributed by atoms with E-state index in [0.29, 0.717) is 12.2 Å². The number of primary amides is 1. The van der Waals surface area contributed by atoms with E-state index in [1.54, 1.807) is 40.9 Å². The van der Waals surface area contributed by atoms with Gasteiger partial charge in [0.2, 0.25) is 47.3 Å². The van der Waals surface area contributed by atoms with Crippen LogP contribution in [0.5, 0.6) is 0 Å². The average Bonchev–Trinajstić information content (AvgIpc) is 3.77. The minimum Gasteiger partial charge on any atom is -0.481 e. The summed E-state index contributed by atoms with van der Waals surface area (Å²) < 4.78 is 0. The third-order valence-corrected chi connectivity index (χ3v) is 11.1. The summed E-state index contributed by atoms with van der Waals surface area (Å²) in [6.45, 7) is 7.22. The number of nitrogens with one attached hydrogen (secondary N) is 8. The normalized spacial score (nSPS) is 16.3. The molecule has 0 saturated carbocycles. The quantitative estimate of drug-likeness (QED) is 0.0315. The third kappa shape index (κ3) is 20.5. The Labute approximate surface area is 403 Å². The van der Waals surface area contributed by atoms with E-state index in [9.17, 15) is 72.9 Å². The van der Waals surface area contributed by atoms with Crippen LogP contribution in [0.4, 0.5) is 4.79 Å². The van der Waals surface area contributed by atoms with Crippen molar-refractivity contribution in [3.63, 3.8) is 0 Å². The van der Waals surface area contributed by atoms with Crippen LogP contribution in [0.1, 0.15) is 86.5 Å². The van der Waals surface area contributed by atoms with Gasteiger partial charge in [-0.05, 0) is 55.9 Å². The minimum absolute atomic E-state index is 0.0474. The topological polar surface area (TPSA) is 414 Å². The van der Waals surface area contributed by atoms with Crippen molar-refractivity contribution in [2.24, 2.45) is 17.6 Å². The van der Waals surface area contributed by atoms with Crippen LogP contribution in [0.2, 0.25) is 0 Å². The summed E-state index contributed by atoms with van der Waals surface area (Å²) in [6.07, 6.45) is 0.621. The first-order chi connectivity index (χ1) is 32.3. The fraction of sp³-hybridized carbons (Fsp3) is 0.707. The average molecular weight is 1000 g/mol. The number of nitrogens with zero attached hydrogens (tertiary/aromatic N) is 2. The molecule has 11 amide bonds. The summed E-state index contributed by atoms with van der Waals surface area (Å²) in [5.41, 5.74) is 7.65. The van der Waals surface area contributed by atoms with Crippen molar-refractivity contribution in [3.05, 3.63) is 0 Å². The van der Waals surface area contributed by atoms with Gasteiger partial charge < -0.3 is 68.3 Å². The number of carboxylic acid groups (broad SMARTS) is 2. The molecule has 8 atom stereocenters. The van der Waals surface area contributed by atoms with Gasteiger partial charge in [-0.25, -0.2) is 9.80 Å². The van der Waals surface area contributed by atoms with Gasteiger partial charge in [0, 0.05) is 26.4 Å². The highest BCUT2D eigenvalue weighted by molar-refractivity contribution is 7.98. The number of urea groups is 1. The van der Waals surface area contributed by atoms with Gasteiger partial charge in [0.25, 0.3) is 5.91 Å². The molecule has 0 aromatic heterocycles. The van der Waals surface area contributed by atoms with E-state index >= 15 is 0 Å². The van der Waals surface area contributed by atoms with Gasteiger partial charge in [-0.1, -0.05) is 34.6 Å². The van der Waals surface area contributed by atoms with Crippen LogP contribution in [0.3, 0.4) is 0 Å². The van der Waals surface area contributed by atoms with Crippen LogP contribution in [0.15, 0.2) is 0 Å². The van der Waals surface area contributed by atoms with E-state index in [0.717, 1.165) is 11.9 Å². The molecule has 0 radical (unpaired) electrons. The molecule has 0 aliphatic carbocycles. The second-order valence-corrected chi connectivity index (χ2v) is 17.8. The largest absolute Gasteiger partial charge is 0.481 e. The fourth-order valence-corrected chi connectivity index (χ4v) is 7.25. The molecule has 0 spiro atoms. The molecule has 390 valence electrons. The number of carbonyl (C=O) groups is 12. The summed E-state index contributed by atoms with van der Waals surface area (Å²) in [5, 5.41) is 55.3. The summed E-state index contributed by atoms with van der Waals surface area (Å²) >= 11 is 1.33. The third-order valence-electron chi connectivity index (χ3n) is 10.5. The molecular weight excluding hydrogens is 935 g/mol. The Kier molecular flexibility index (Phi) is 26.6. The van der Waals surface area contributed by atoms with Crippen molar-refractivity contribution in [2.75, 3.05) is 38.3 Å². The first kappa shape index (κ1) is 60.7. The van der Waals surface area contributed by atoms with E-state index in [1.165, 1.54) is 16.7 Å². The Morgan fingerprint density at radius 3 is 1.70 bits per heavy atom. The molecule has 1 aliphatic rings. The van der Waals surface area contributed by atoms with Gasteiger partial charge in [-0.2, -0.15) is 11.8 Å². The number of aliphatic hydroxyl groups is 2. The number of hydrazine groups is 1. The fourth-order valence-electron chi connectivity index (χ4n) is 6.78. The molecule has 1 heterocycles.